The number of alkyl halides is 1. The second-order valence-corrected chi connectivity index (χ2v) is 4.56. The maximum atomic E-state index is 5.68. The van der Waals surface area contributed by atoms with Crippen LogP contribution in [0.15, 0.2) is 24.3 Å². The summed E-state index contributed by atoms with van der Waals surface area (Å²) >= 11 is 7.69. The second-order valence-electron chi connectivity index (χ2n) is 2.68. The van der Waals surface area contributed by atoms with Gasteiger partial charge in [0.25, 0.3) is 0 Å². The third-order valence-electron chi connectivity index (χ3n) is 2.03. The first-order chi connectivity index (χ1) is 4.87. The number of hydrogen-bond acceptors (Lipinski definition) is 1. The van der Waals surface area contributed by atoms with E-state index in [2.05, 4.69) is 24.3 Å². The highest BCUT2D eigenvalue weighted by Crippen LogP contribution is 2.59. The highest BCUT2D eigenvalue weighted by atomic mass is 35.5. The molecule has 0 radical (unpaired) electrons. The van der Waals surface area contributed by atoms with Crippen molar-refractivity contribution in [1.82, 2.24) is 0 Å². The van der Waals surface area contributed by atoms with Crippen molar-refractivity contribution in [3.05, 3.63) is 24.3 Å². The summed E-state index contributed by atoms with van der Waals surface area (Å²) < 4.78 is 0.413. The molecule has 1 heterocycles. The Balaban J connectivity index is 2.08. The summed E-state index contributed by atoms with van der Waals surface area (Å²) in [5.41, 5.74) is 0. The van der Waals surface area contributed by atoms with Gasteiger partial charge in [0.1, 0.15) is 0 Å². The van der Waals surface area contributed by atoms with Crippen LogP contribution in [0.2, 0.25) is 0 Å². The van der Waals surface area contributed by atoms with Crippen LogP contribution in [0.3, 0.4) is 0 Å². The first-order valence-corrected chi connectivity index (χ1v) is 4.89. The molecule has 0 bridgehead atoms. The van der Waals surface area contributed by atoms with Crippen LogP contribution in [0.5, 0.6) is 0 Å². The van der Waals surface area contributed by atoms with Crippen LogP contribution in [-0.4, -0.2) is 15.9 Å². The Hall–Kier alpha value is 0.120. The lowest BCUT2D eigenvalue weighted by Crippen LogP contribution is -2.11. The highest BCUT2D eigenvalue weighted by Gasteiger charge is 2.51. The smallest absolute Gasteiger partial charge is 0.0513 e. The summed E-state index contributed by atoms with van der Waals surface area (Å²) in [4.78, 5) is 0. The maximum absolute atomic E-state index is 5.68. The summed E-state index contributed by atoms with van der Waals surface area (Å²) in [5, 5.41) is 0.733. The van der Waals surface area contributed by atoms with E-state index in [1.807, 2.05) is 11.8 Å². The van der Waals surface area contributed by atoms with E-state index in [1.165, 1.54) is 0 Å². The summed E-state index contributed by atoms with van der Waals surface area (Å²) in [5.74, 6) is 0.779. The lowest BCUT2D eigenvalue weighted by atomic mass is 9.98. The van der Waals surface area contributed by atoms with Gasteiger partial charge < -0.3 is 0 Å². The van der Waals surface area contributed by atoms with Crippen LogP contribution < -0.4 is 0 Å². The molecule has 0 aromatic rings. The molecule has 0 saturated carbocycles. The van der Waals surface area contributed by atoms with E-state index < -0.39 is 0 Å². The standard InChI is InChI=1S/C8H9ClS/c9-6-5-8-4-2-1-3-7(8)10-8/h1-4,7H,5-6H2. The predicted octanol–water partition coefficient (Wildman–Crippen LogP) is 2.60. The van der Waals surface area contributed by atoms with E-state index in [-0.39, 0.29) is 0 Å². The number of hydrogen-bond donors (Lipinski definition) is 0. The lowest BCUT2D eigenvalue weighted by Gasteiger charge is -2.07. The minimum absolute atomic E-state index is 0.413. The van der Waals surface area contributed by atoms with Gasteiger partial charge in [-0.25, -0.2) is 0 Å². The molecule has 54 valence electrons. The summed E-state index contributed by atoms with van der Waals surface area (Å²) in [6.07, 6.45) is 9.91. The molecule has 2 aliphatic rings. The molecule has 0 amide bonds. The van der Waals surface area contributed by atoms with Gasteiger partial charge in [0.2, 0.25) is 0 Å². The number of thioether (sulfide) groups is 1. The van der Waals surface area contributed by atoms with E-state index in [0.29, 0.717) is 4.75 Å². The maximum Gasteiger partial charge on any atom is 0.0513 e. The average molecular weight is 173 g/mol. The molecule has 2 unspecified atom stereocenters. The third kappa shape index (κ3) is 0.923. The fourth-order valence-corrected chi connectivity index (χ4v) is 3.01. The van der Waals surface area contributed by atoms with Gasteiger partial charge in [-0.2, -0.15) is 0 Å². The monoisotopic (exact) mass is 172 g/mol. The van der Waals surface area contributed by atoms with Gasteiger partial charge in [0.15, 0.2) is 0 Å². The topological polar surface area (TPSA) is 0 Å². The molecule has 1 aliphatic carbocycles. The first-order valence-electron chi connectivity index (χ1n) is 3.47. The molecule has 2 rings (SSSR count). The molecule has 1 aliphatic heterocycles. The van der Waals surface area contributed by atoms with E-state index in [1.54, 1.807) is 0 Å². The molecule has 0 spiro atoms. The van der Waals surface area contributed by atoms with Crippen molar-refractivity contribution in [2.75, 3.05) is 5.88 Å². The number of halogens is 1. The van der Waals surface area contributed by atoms with Crippen LogP contribution in [0.25, 0.3) is 0 Å². The predicted molar refractivity (Wildman–Crippen MR) is 47.7 cm³/mol. The SMILES string of the molecule is ClCCC12C=CC=CC1S2. The highest BCUT2D eigenvalue weighted by molar-refractivity contribution is 8.09. The van der Waals surface area contributed by atoms with Crippen LogP contribution in [-0.2, 0) is 0 Å². The van der Waals surface area contributed by atoms with Crippen molar-refractivity contribution < 1.29 is 0 Å². The van der Waals surface area contributed by atoms with Gasteiger partial charge in [-0.05, 0) is 6.42 Å². The Morgan fingerprint density at radius 3 is 3.10 bits per heavy atom. The fourth-order valence-electron chi connectivity index (χ4n) is 1.35. The van der Waals surface area contributed by atoms with Crippen molar-refractivity contribution in [3.63, 3.8) is 0 Å². The molecular formula is C8H9ClS. The van der Waals surface area contributed by atoms with Gasteiger partial charge in [-0.3, -0.25) is 0 Å². The van der Waals surface area contributed by atoms with E-state index in [0.717, 1.165) is 17.6 Å². The number of allylic oxidation sites excluding steroid dienone is 2. The minimum atomic E-state index is 0.413. The average Bonchev–Trinajstić information content (AvgIpc) is 2.62. The molecule has 1 saturated heterocycles. The fraction of sp³-hybridized carbons (Fsp3) is 0.500. The van der Waals surface area contributed by atoms with Crippen LogP contribution in [0.1, 0.15) is 6.42 Å². The molecule has 0 N–H and O–H groups in total. The Morgan fingerprint density at radius 1 is 1.50 bits per heavy atom. The zero-order valence-electron chi connectivity index (χ0n) is 5.59. The first kappa shape index (κ1) is 6.81. The summed E-state index contributed by atoms with van der Waals surface area (Å²) in [7, 11) is 0. The zero-order valence-corrected chi connectivity index (χ0v) is 7.16. The van der Waals surface area contributed by atoms with Gasteiger partial charge in [-0.15, -0.1) is 23.4 Å². The van der Waals surface area contributed by atoms with Crippen LogP contribution in [0.4, 0.5) is 0 Å². The Kier molecular flexibility index (Phi) is 1.58. The molecule has 10 heavy (non-hydrogen) atoms. The Labute approximate surface area is 70.3 Å². The van der Waals surface area contributed by atoms with Gasteiger partial charge in [-0.1, -0.05) is 24.3 Å². The van der Waals surface area contributed by atoms with Gasteiger partial charge in [0.05, 0.1) is 4.75 Å². The summed E-state index contributed by atoms with van der Waals surface area (Å²) in [6, 6.07) is 0. The molecule has 0 aromatic heterocycles. The van der Waals surface area contributed by atoms with Gasteiger partial charge in [0, 0.05) is 11.1 Å². The number of rotatable bonds is 2. The van der Waals surface area contributed by atoms with Crippen molar-refractivity contribution in [1.29, 1.82) is 0 Å². The van der Waals surface area contributed by atoms with Crippen molar-refractivity contribution in [2.24, 2.45) is 0 Å². The molecule has 1 fully saturated rings. The molecular weight excluding hydrogens is 164 g/mol. The zero-order chi connectivity index (χ0) is 7.03. The third-order valence-corrected chi connectivity index (χ3v) is 3.83. The Bertz CT molecular complexity index is 197. The van der Waals surface area contributed by atoms with Crippen molar-refractivity contribution >= 4 is 23.4 Å². The van der Waals surface area contributed by atoms with Crippen LogP contribution >= 0.6 is 23.4 Å². The number of fused-ring (bicyclic) bond motifs is 1. The molecule has 2 atom stereocenters. The quantitative estimate of drug-likeness (QED) is 0.456. The minimum Gasteiger partial charge on any atom is -0.140 e. The molecule has 2 heteroatoms. The largest absolute Gasteiger partial charge is 0.140 e. The van der Waals surface area contributed by atoms with Crippen LogP contribution in [0, 0.1) is 0 Å². The van der Waals surface area contributed by atoms with Gasteiger partial charge >= 0.3 is 0 Å². The lowest BCUT2D eigenvalue weighted by molar-refractivity contribution is 0.786. The van der Waals surface area contributed by atoms with Crippen molar-refractivity contribution in [2.45, 2.75) is 16.4 Å². The molecule has 0 nitrogen and oxygen atoms in total. The normalized spacial score (nSPS) is 41.5. The van der Waals surface area contributed by atoms with E-state index >= 15 is 0 Å². The second kappa shape index (κ2) is 2.31. The Morgan fingerprint density at radius 2 is 2.40 bits per heavy atom. The van der Waals surface area contributed by atoms with E-state index in [9.17, 15) is 0 Å². The molecule has 0 aromatic carbocycles. The van der Waals surface area contributed by atoms with E-state index in [4.69, 9.17) is 11.6 Å². The van der Waals surface area contributed by atoms with Crippen molar-refractivity contribution in [3.8, 4) is 0 Å². The summed E-state index contributed by atoms with van der Waals surface area (Å²) in [6.45, 7) is 0.